The van der Waals surface area contributed by atoms with Gasteiger partial charge in [-0.15, -0.1) is 0 Å². The maximum atomic E-state index is 11.4. The number of ether oxygens (including phenoxy) is 3. The fourth-order valence-electron chi connectivity index (χ4n) is 3.46. The summed E-state index contributed by atoms with van der Waals surface area (Å²) in [6.45, 7) is 5.99. The summed E-state index contributed by atoms with van der Waals surface area (Å²) in [5, 5.41) is 1.06. The van der Waals surface area contributed by atoms with Gasteiger partial charge in [-0.1, -0.05) is 34.8 Å². The molecule has 0 amide bonds. The van der Waals surface area contributed by atoms with Crippen LogP contribution in [0.25, 0.3) is 0 Å². The molecule has 0 saturated carbocycles. The molecule has 5 nitrogen and oxygen atoms in total. The zero-order valence-corrected chi connectivity index (χ0v) is 17.2. The van der Waals surface area contributed by atoms with Crippen LogP contribution in [0, 0.1) is 0 Å². The molecule has 0 radical (unpaired) electrons. The van der Waals surface area contributed by atoms with E-state index in [1.807, 2.05) is 26.0 Å². The van der Waals surface area contributed by atoms with Crippen molar-refractivity contribution in [3.63, 3.8) is 0 Å². The molecule has 2 aliphatic rings. The molecule has 1 aromatic carbocycles. The number of fused-ring (bicyclic) bond motifs is 1. The molecule has 3 rings (SSSR count). The molecule has 0 aliphatic carbocycles. The number of carbonyl (C=O) groups is 1. The van der Waals surface area contributed by atoms with E-state index in [0.717, 1.165) is 48.0 Å². The van der Waals surface area contributed by atoms with Crippen LogP contribution in [0.2, 0.25) is 0 Å². The van der Waals surface area contributed by atoms with E-state index in [1.165, 1.54) is 19.3 Å². The Morgan fingerprint density at radius 1 is 1.27 bits per heavy atom. The standard InChI is InChI=1S/C20H28BrNO4/c1-20(2)24-14-16-11-15(7-8-17(16)26-20)18-12-22(19(13-23)25-18)10-6-4-3-5-9-21/h7-8,11,13,18-19H,3-6,9-10,12,14H2,1-2H3/t18-,19?/m0/s1. The molecule has 2 atom stereocenters. The van der Waals surface area contributed by atoms with Gasteiger partial charge in [0, 0.05) is 37.8 Å². The van der Waals surface area contributed by atoms with Crippen LogP contribution in [0.3, 0.4) is 0 Å². The molecule has 0 aromatic heterocycles. The topological polar surface area (TPSA) is 48.0 Å². The van der Waals surface area contributed by atoms with Crippen molar-refractivity contribution in [1.29, 1.82) is 0 Å². The van der Waals surface area contributed by atoms with Gasteiger partial charge < -0.3 is 14.2 Å². The van der Waals surface area contributed by atoms with Crippen LogP contribution >= 0.6 is 15.9 Å². The van der Waals surface area contributed by atoms with E-state index in [9.17, 15) is 4.79 Å². The third kappa shape index (κ3) is 4.85. The molecular weight excluding hydrogens is 398 g/mol. The summed E-state index contributed by atoms with van der Waals surface area (Å²) < 4.78 is 17.6. The minimum atomic E-state index is -0.591. The number of hydrogen-bond acceptors (Lipinski definition) is 5. The second-order valence-corrected chi connectivity index (χ2v) is 8.20. The highest BCUT2D eigenvalue weighted by atomic mass is 79.9. The first kappa shape index (κ1) is 19.8. The molecule has 1 unspecified atom stereocenters. The lowest BCUT2D eigenvalue weighted by atomic mass is 10.0. The number of alkyl halides is 1. The zero-order valence-electron chi connectivity index (χ0n) is 15.6. The van der Waals surface area contributed by atoms with Gasteiger partial charge >= 0.3 is 0 Å². The van der Waals surface area contributed by atoms with Crippen molar-refractivity contribution in [3.8, 4) is 5.75 Å². The van der Waals surface area contributed by atoms with E-state index in [2.05, 4.69) is 26.9 Å². The fraction of sp³-hybridized carbons (Fsp3) is 0.650. The molecule has 1 fully saturated rings. The van der Waals surface area contributed by atoms with E-state index in [1.54, 1.807) is 0 Å². The normalized spacial score (nSPS) is 24.9. The first-order valence-electron chi connectivity index (χ1n) is 9.39. The average molecular weight is 426 g/mol. The van der Waals surface area contributed by atoms with Crippen molar-refractivity contribution in [3.05, 3.63) is 29.3 Å². The SMILES string of the molecule is CC1(C)OCc2cc([C@@H]3CN(CCCCCCBr)C(C=O)O3)ccc2O1. The van der Waals surface area contributed by atoms with Crippen LogP contribution in [0.5, 0.6) is 5.75 Å². The van der Waals surface area contributed by atoms with Crippen molar-refractivity contribution in [2.75, 3.05) is 18.4 Å². The zero-order chi connectivity index (χ0) is 18.6. The molecule has 6 heteroatoms. The van der Waals surface area contributed by atoms with Crippen LogP contribution in [-0.4, -0.2) is 41.6 Å². The largest absolute Gasteiger partial charge is 0.463 e. The Morgan fingerprint density at radius 3 is 2.85 bits per heavy atom. The molecule has 0 N–H and O–H groups in total. The van der Waals surface area contributed by atoms with Crippen molar-refractivity contribution in [2.24, 2.45) is 0 Å². The number of unbranched alkanes of at least 4 members (excludes halogenated alkanes) is 3. The number of hydrogen-bond donors (Lipinski definition) is 0. The summed E-state index contributed by atoms with van der Waals surface area (Å²) >= 11 is 3.46. The lowest BCUT2D eigenvalue weighted by molar-refractivity contribution is -0.180. The van der Waals surface area contributed by atoms with E-state index < -0.39 is 12.0 Å². The Hall–Kier alpha value is -0.950. The Labute approximate surface area is 164 Å². The summed E-state index contributed by atoms with van der Waals surface area (Å²) in [4.78, 5) is 13.6. The summed E-state index contributed by atoms with van der Waals surface area (Å²) in [5.41, 5.74) is 2.10. The third-order valence-corrected chi connectivity index (χ3v) is 5.46. The van der Waals surface area contributed by atoms with E-state index in [0.29, 0.717) is 6.61 Å². The summed E-state index contributed by atoms with van der Waals surface area (Å²) in [6, 6.07) is 6.10. The molecule has 2 aliphatic heterocycles. The quantitative estimate of drug-likeness (QED) is 0.355. The molecular formula is C20H28BrNO4. The van der Waals surface area contributed by atoms with E-state index in [4.69, 9.17) is 14.2 Å². The third-order valence-electron chi connectivity index (χ3n) is 4.90. The summed E-state index contributed by atoms with van der Waals surface area (Å²) in [7, 11) is 0. The Kier molecular flexibility index (Phi) is 6.72. The second kappa shape index (κ2) is 8.83. The molecule has 0 spiro atoms. The molecule has 2 heterocycles. The van der Waals surface area contributed by atoms with Crippen molar-refractivity contribution in [1.82, 2.24) is 4.90 Å². The Bertz CT molecular complexity index is 622. The van der Waals surface area contributed by atoms with Gasteiger partial charge in [0.2, 0.25) is 5.79 Å². The predicted molar refractivity (Wildman–Crippen MR) is 103 cm³/mol. The van der Waals surface area contributed by atoms with Crippen molar-refractivity contribution < 1.29 is 19.0 Å². The van der Waals surface area contributed by atoms with Gasteiger partial charge in [0.1, 0.15) is 5.75 Å². The summed E-state index contributed by atoms with van der Waals surface area (Å²) in [6.07, 6.45) is 5.07. The summed E-state index contributed by atoms with van der Waals surface area (Å²) in [5.74, 6) is 0.269. The van der Waals surface area contributed by atoms with Gasteiger partial charge in [-0.25, -0.2) is 0 Å². The number of carbonyl (C=O) groups excluding carboxylic acids is 1. The molecule has 144 valence electrons. The van der Waals surface area contributed by atoms with E-state index >= 15 is 0 Å². The second-order valence-electron chi connectivity index (χ2n) is 7.41. The van der Waals surface area contributed by atoms with Gasteiger partial charge in [0.15, 0.2) is 12.5 Å². The highest BCUT2D eigenvalue weighted by molar-refractivity contribution is 9.09. The number of halogens is 1. The highest BCUT2D eigenvalue weighted by Gasteiger charge is 2.34. The maximum Gasteiger partial charge on any atom is 0.205 e. The number of nitrogens with zero attached hydrogens (tertiary/aromatic N) is 1. The van der Waals surface area contributed by atoms with Gasteiger partial charge in [0.05, 0.1) is 12.7 Å². The van der Waals surface area contributed by atoms with Crippen LogP contribution in [0.4, 0.5) is 0 Å². The number of rotatable bonds is 8. The minimum Gasteiger partial charge on any atom is -0.463 e. The van der Waals surface area contributed by atoms with E-state index in [-0.39, 0.29) is 6.10 Å². The molecule has 0 bridgehead atoms. The van der Waals surface area contributed by atoms with Gasteiger partial charge in [-0.05, 0) is 30.5 Å². The first-order chi connectivity index (χ1) is 12.5. The number of aldehydes is 1. The molecule has 1 aromatic rings. The van der Waals surface area contributed by atoms with Gasteiger partial charge in [-0.3, -0.25) is 9.69 Å². The van der Waals surface area contributed by atoms with Crippen LogP contribution in [0.15, 0.2) is 18.2 Å². The van der Waals surface area contributed by atoms with Crippen molar-refractivity contribution >= 4 is 22.2 Å². The maximum absolute atomic E-state index is 11.4. The van der Waals surface area contributed by atoms with Gasteiger partial charge in [-0.2, -0.15) is 0 Å². The van der Waals surface area contributed by atoms with Crippen molar-refractivity contribution in [2.45, 2.75) is 64.3 Å². The Balaban J connectivity index is 1.60. The average Bonchev–Trinajstić information content (AvgIpc) is 3.03. The monoisotopic (exact) mass is 425 g/mol. The molecule has 26 heavy (non-hydrogen) atoms. The lowest BCUT2D eigenvalue weighted by Crippen LogP contribution is -2.35. The Morgan fingerprint density at radius 2 is 2.08 bits per heavy atom. The van der Waals surface area contributed by atoms with Crippen LogP contribution < -0.4 is 4.74 Å². The predicted octanol–water partition coefficient (Wildman–Crippen LogP) is 4.19. The lowest BCUT2D eigenvalue weighted by Gasteiger charge is -2.33. The van der Waals surface area contributed by atoms with Crippen LogP contribution in [-0.2, 0) is 20.9 Å². The first-order valence-corrected chi connectivity index (χ1v) is 10.5. The highest BCUT2D eigenvalue weighted by Crippen LogP contribution is 2.35. The number of benzene rings is 1. The van der Waals surface area contributed by atoms with Gasteiger partial charge in [0.25, 0.3) is 0 Å². The molecule has 1 saturated heterocycles. The van der Waals surface area contributed by atoms with Crippen LogP contribution in [0.1, 0.15) is 56.8 Å². The fourth-order valence-corrected chi connectivity index (χ4v) is 3.85. The smallest absolute Gasteiger partial charge is 0.205 e. The minimum absolute atomic E-state index is 0.0898.